The van der Waals surface area contributed by atoms with E-state index in [-0.39, 0.29) is 24.7 Å². The second-order valence-electron chi connectivity index (χ2n) is 5.47. The zero-order chi connectivity index (χ0) is 15.4. The number of nitrogens with two attached hydrogens (primary N) is 1. The fraction of sp³-hybridized carbons (Fsp3) is 0.692. The van der Waals surface area contributed by atoms with Crippen molar-refractivity contribution in [3.63, 3.8) is 0 Å². The lowest BCUT2D eigenvalue weighted by Crippen LogP contribution is -2.41. The van der Waals surface area contributed by atoms with Crippen LogP contribution in [0.2, 0.25) is 0 Å². The number of carbonyl (C=O) groups excluding carboxylic acids is 1. The van der Waals surface area contributed by atoms with Crippen LogP contribution in [0.25, 0.3) is 0 Å². The number of piperidine rings is 1. The normalized spacial score (nSPS) is 18.8. The van der Waals surface area contributed by atoms with Crippen molar-refractivity contribution in [2.75, 3.05) is 19.6 Å². The molecule has 1 amide bonds. The van der Waals surface area contributed by atoms with Crippen molar-refractivity contribution in [2.24, 2.45) is 11.7 Å². The summed E-state index contributed by atoms with van der Waals surface area (Å²) in [7, 11) is 0. The molecular formula is C13H21N5O3. The smallest absolute Gasteiger partial charge is 0.358 e. The number of hydrogen-bond acceptors (Lipinski definition) is 5. The van der Waals surface area contributed by atoms with Gasteiger partial charge in [-0.25, -0.2) is 9.48 Å². The third-order valence-electron chi connectivity index (χ3n) is 3.72. The molecule has 1 aromatic heterocycles. The Kier molecular flexibility index (Phi) is 4.89. The van der Waals surface area contributed by atoms with Crippen LogP contribution < -0.4 is 5.73 Å². The Balaban J connectivity index is 2.11. The number of likely N-dealkylation sites (tertiary alicyclic amines) is 1. The van der Waals surface area contributed by atoms with Crippen molar-refractivity contribution in [1.82, 2.24) is 19.9 Å². The van der Waals surface area contributed by atoms with Crippen molar-refractivity contribution in [2.45, 2.75) is 32.7 Å². The third-order valence-corrected chi connectivity index (χ3v) is 3.72. The first-order valence-electron chi connectivity index (χ1n) is 7.16. The molecule has 0 bridgehead atoms. The van der Waals surface area contributed by atoms with E-state index in [0.29, 0.717) is 18.0 Å². The van der Waals surface area contributed by atoms with E-state index in [1.165, 1.54) is 4.68 Å². The molecular weight excluding hydrogens is 274 g/mol. The minimum Gasteiger partial charge on any atom is -0.476 e. The average molecular weight is 295 g/mol. The molecule has 1 unspecified atom stereocenters. The van der Waals surface area contributed by atoms with Gasteiger partial charge in [0.25, 0.3) is 0 Å². The minimum absolute atomic E-state index is 0.0162. The van der Waals surface area contributed by atoms with Crippen molar-refractivity contribution in [3.05, 3.63) is 11.4 Å². The maximum absolute atomic E-state index is 12.3. The van der Waals surface area contributed by atoms with Gasteiger partial charge >= 0.3 is 5.97 Å². The molecule has 8 nitrogen and oxygen atoms in total. The lowest BCUT2D eigenvalue weighted by molar-refractivity contribution is -0.133. The van der Waals surface area contributed by atoms with E-state index in [0.717, 1.165) is 25.9 Å². The zero-order valence-corrected chi connectivity index (χ0v) is 12.2. The van der Waals surface area contributed by atoms with E-state index in [1.54, 1.807) is 0 Å². The maximum atomic E-state index is 12.3. The van der Waals surface area contributed by atoms with Gasteiger partial charge in [0, 0.05) is 19.5 Å². The number of nitrogens with zero attached hydrogens (tertiary/aromatic N) is 4. The van der Waals surface area contributed by atoms with Crippen molar-refractivity contribution in [1.29, 1.82) is 0 Å². The van der Waals surface area contributed by atoms with Crippen LogP contribution in [-0.2, 0) is 17.8 Å². The summed E-state index contributed by atoms with van der Waals surface area (Å²) >= 11 is 0. The van der Waals surface area contributed by atoms with E-state index >= 15 is 0 Å². The quantitative estimate of drug-likeness (QED) is 0.773. The number of carboxylic acid groups (broad SMARTS) is 1. The summed E-state index contributed by atoms with van der Waals surface area (Å²) in [6.45, 7) is 3.91. The van der Waals surface area contributed by atoms with Gasteiger partial charge in [0.2, 0.25) is 5.91 Å². The van der Waals surface area contributed by atoms with Crippen LogP contribution in [0.1, 0.15) is 35.9 Å². The highest BCUT2D eigenvalue weighted by Gasteiger charge is 2.24. The highest BCUT2D eigenvalue weighted by Crippen LogP contribution is 2.16. The van der Waals surface area contributed by atoms with Crippen LogP contribution >= 0.6 is 0 Å². The summed E-state index contributed by atoms with van der Waals surface area (Å²) < 4.78 is 1.36. The first-order chi connectivity index (χ1) is 10.0. The molecule has 8 heteroatoms. The van der Waals surface area contributed by atoms with Crippen LogP contribution in [0.15, 0.2) is 0 Å². The molecule has 0 radical (unpaired) electrons. The first kappa shape index (κ1) is 15.4. The fourth-order valence-corrected chi connectivity index (χ4v) is 2.65. The molecule has 2 heterocycles. The molecule has 21 heavy (non-hydrogen) atoms. The number of rotatable bonds is 5. The summed E-state index contributed by atoms with van der Waals surface area (Å²) in [5.41, 5.74) is 5.77. The summed E-state index contributed by atoms with van der Waals surface area (Å²) in [5, 5.41) is 16.5. The standard InChI is InChI=1S/C13H21N5O3/c1-9-3-2-6-17(7-9)11(19)8-18-10(4-5-14)12(13(20)21)15-16-18/h9H,2-8,14H2,1H3,(H,20,21). The van der Waals surface area contributed by atoms with Crippen LogP contribution in [0.4, 0.5) is 0 Å². The molecule has 1 aliphatic rings. The van der Waals surface area contributed by atoms with E-state index in [4.69, 9.17) is 10.8 Å². The van der Waals surface area contributed by atoms with Gasteiger partial charge in [-0.05, 0) is 25.3 Å². The Bertz CT molecular complexity index is 528. The summed E-state index contributed by atoms with van der Waals surface area (Å²) in [4.78, 5) is 25.2. The molecule has 116 valence electrons. The predicted molar refractivity (Wildman–Crippen MR) is 74.7 cm³/mol. The minimum atomic E-state index is -1.15. The Labute approximate surface area is 122 Å². The molecule has 0 aromatic carbocycles. The third kappa shape index (κ3) is 3.57. The molecule has 1 saturated heterocycles. The maximum Gasteiger partial charge on any atom is 0.358 e. The summed E-state index contributed by atoms with van der Waals surface area (Å²) in [6, 6.07) is 0. The van der Waals surface area contributed by atoms with Gasteiger partial charge in [-0.15, -0.1) is 5.10 Å². The van der Waals surface area contributed by atoms with Crippen molar-refractivity contribution >= 4 is 11.9 Å². The molecule has 0 saturated carbocycles. The Hall–Kier alpha value is -1.96. The van der Waals surface area contributed by atoms with Gasteiger partial charge in [0.05, 0.1) is 5.69 Å². The molecule has 1 aromatic rings. The SMILES string of the molecule is CC1CCCN(C(=O)Cn2nnc(C(=O)O)c2CCN)C1. The number of aromatic nitrogens is 3. The Morgan fingerprint density at radius 1 is 1.48 bits per heavy atom. The van der Waals surface area contributed by atoms with Crippen LogP contribution in [0.3, 0.4) is 0 Å². The number of amides is 1. The van der Waals surface area contributed by atoms with Crippen LogP contribution in [0, 0.1) is 5.92 Å². The van der Waals surface area contributed by atoms with E-state index in [2.05, 4.69) is 17.2 Å². The van der Waals surface area contributed by atoms with Gasteiger partial charge in [-0.1, -0.05) is 12.1 Å². The fourth-order valence-electron chi connectivity index (χ4n) is 2.65. The summed E-state index contributed by atoms with van der Waals surface area (Å²) in [6.07, 6.45) is 2.47. The second-order valence-corrected chi connectivity index (χ2v) is 5.47. The molecule has 1 aliphatic heterocycles. The van der Waals surface area contributed by atoms with E-state index in [9.17, 15) is 9.59 Å². The lowest BCUT2D eigenvalue weighted by atomic mass is 10.0. The summed E-state index contributed by atoms with van der Waals surface area (Å²) in [5.74, 6) is -0.707. The highest BCUT2D eigenvalue weighted by molar-refractivity contribution is 5.86. The van der Waals surface area contributed by atoms with Gasteiger partial charge in [0.1, 0.15) is 6.54 Å². The Morgan fingerprint density at radius 3 is 2.86 bits per heavy atom. The molecule has 1 atom stereocenters. The highest BCUT2D eigenvalue weighted by atomic mass is 16.4. The second kappa shape index (κ2) is 6.66. The monoisotopic (exact) mass is 295 g/mol. The van der Waals surface area contributed by atoms with E-state index in [1.807, 2.05) is 4.90 Å². The first-order valence-corrected chi connectivity index (χ1v) is 7.16. The number of carboxylic acids is 1. The topological polar surface area (TPSA) is 114 Å². The van der Waals surface area contributed by atoms with Gasteiger partial charge in [0.15, 0.2) is 5.69 Å². The van der Waals surface area contributed by atoms with Crippen LogP contribution in [0.5, 0.6) is 0 Å². The molecule has 1 fully saturated rings. The van der Waals surface area contributed by atoms with E-state index < -0.39 is 5.97 Å². The van der Waals surface area contributed by atoms with Crippen LogP contribution in [-0.4, -0.2) is 56.5 Å². The van der Waals surface area contributed by atoms with Crippen molar-refractivity contribution < 1.29 is 14.7 Å². The lowest BCUT2D eigenvalue weighted by Gasteiger charge is -2.31. The predicted octanol–water partition coefficient (Wildman–Crippen LogP) is -0.264. The number of aromatic carboxylic acids is 1. The molecule has 3 N–H and O–H groups in total. The number of hydrogen-bond donors (Lipinski definition) is 2. The average Bonchev–Trinajstić information content (AvgIpc) is 2.82. The Morgan fingerprint density at radius 2 is 2.24 bits per heavy atom. The number of carbonyl (C=O) groups is 2. The van der Waals surface area contributed by atoms with Gasteiger partial charge in [-0.3, -0.25) is 4.79 Å². The van der Waals surface area contributed by atoms with Gasteiger partial charge in [-0.2, -0.15) is 0 Å². The molecule has 0 spiro atoms. The van der Waals surface area contributed by atoms with Crippen molar-refractivity contribution in [3.8, 4) is 0 Å². The largest absolute Gasteiger partial charge is 0.476 e. The van der Waals surface area contributed by atoms with Gasteiger partial charge < -0.3 is 15.7 Å². The zero-order valence-electron chi connectivity index (χ0n) is 12.2. The molecule has 2 rings (SSSR count). The molecule has 0 aliphatic carbocycles.